The zero-order valence-corrected chi connectivity index (χ0v) is 12.6. The van der Waals surface area contributed by atoms with E-state index in [1.165, 1.54) is 12.4 Å². The lowest BCUT2D eigenvalue weighted by Crippen LogP contribution is -2.13. The van der Waals surface area contributed by atoms with Crippen LogP contribution < -0.4 is 9.50 Å². The molecule has 1 saturated carbocycles. The molecule has 1 fully saturated rings. The minimum absolute atomic E-state index is 0.174. The first kappa shape index (κ1) is 15.3. The van der Waals surface area contributed by atoms with E-state index in [9.17, 15) is 17.1 Å². The van der Waals surface area contributed by atoms with Crippen molar-refractivity contribution in [3.63, 3.8) is 0 Å². The van der Waals surface area contributed by atoms with Crippen LogP contribution >= 0.6 is 0 Å². The Balaban J connectivity index is 1.75. The minimum Gasteiger partial charge on any atom is -0.357 e. The third-order valence-electron chi connectivity index (χ3n) is 3.24. The van der Waals surface area contributed by atoms with Gasteiger partial charge in [0.2, 0.25) is 0 Å². The summed E-state index contributed by atoms with van der Waals surface area (Å²) in [6.07, 6.45) is 7.65. The second-order valence-corrected chi connectivity index (χ2v) is 6.07. The van der Waals surface area contributed by atoms with Gasteiger partial charge in [0, 0.05) is 18.5 Å². The van der Waals surface area contributed by atoms with Crippen LogP contribution in [0, 0.1) is 0 Å². The molecule has 1 amide bonds. The second-order valence-electron chi connectivity index (χ2n) is 5.12. The molecule has 0 radical (unpaired) electrons. The minimum atomic E-state index is -5.15. The fraction of sp³-hybridized carbons (Fsp3) is 0.214. The molecule has 1 aliphatic rings. The van der Waals surface area contributed by atoms with Gasteiger partial charge in [0.25, 0.3) is 5.91 Å². The van der Waals surface area contributed by atoms with Gasteiger partial charge < -0.3 is 9.50 Å². The molecular weight excluding hydrogens is 325 g/mol. The molecule has 0 saturated heterocycles. The Morgan fingerprint density at radius 2 is 1.91 bits per heavy atom. The van der Waals surface area contributed by atoms with Crippen LogP contribution in [0.2, 0.25) is 0 Å². The molecule has 2 aromatic heterocycles. The lowest BCUT2D eigenvalue weighted by Gasteiger charge is -2.07. The number of amides is 1. The first-order valence-electron chi connectivity index (χ1n) is 6.76. The Morgan fingerprint density at radius 3 is 2.61 bits per heavy atom. The van der Waals surface area contributed by atoms with Crippen molar-refractivity contribution in [2.24, 2.45) is 0 Å². The molecule has 0 unspecified atom stereocenters. The summed E-state index contributed by atoms with van der Waals surface area (Å²) in [6, 6.07) is 2.92. The highest BCUT2D eigenvalue weighted by molar-refractivity contribution is 7.81. The molecule has 2 heterocycles. The fourth-order valence-electron chi connectivity index (χ4n) is 2.07. The van der Waals surface area contributed by atoms with Crippen molar-refractivity contribution in [1.29, 1.82) is 0 Å². The molecule has 0 spiro atoms. The van der Waals surface area contributed by atoms with E-state index in [1.807, 2.05) is 0 Å². The molecule has 0 bridgehead atoms. The van der Waals surface area contributed by atoms with Gasteiger partial charge in [-0.2, -0.15) is 8.42 Å². The van der Waals surface area contributed by atoms with E-state index in [-0.39, 0.29) is 11.4 Å². The van der Waals surface area contributed by atoms with Crippen LogP contribution in [-0.4, -0.2) is 24.3 Å². The van der Waals surface area contributed by atoms with Crippen LogP contribution in [0.5, 0.6) is 5.75 Å². The second kappa shape index (κ2) is 5.92. The Labute approximate surface area is 132 Å². The molecule has 23 heavy (non-hydrogen) atoms. The van der Waals surface area contributed by atoms with E-state index in [0.717, 1.165) is 30.7 Å². The van der Waals surface area contributed by atoms with Crippen molar-refractivity contribution in [2.45, 2.75) is 18.8 Å². The third-order valence-corrected chi connectivity index (χ3v) is 3.63. The molecule has 7 nitrogen and oxygen atoms in total. The summed E-state index contributed by atoms with van der Waals surface area (Å²) in [7, 11) is -5.15. The van der Waals surface area contributed by atoms with Gasteiger partial charge in [-0.15, -0.1) is 0 Å². The van der Waals surface area contributed by atoms with Crippen LogP contribution in [0.1, 0.15) is 34.7 Å². The van der Waals surface area contributed by atoms with Gasteiger partial charge in [-0.25, -0.2) is 0 Å². The van der Waals surface area contributed by atoms with E-state index in [0.29, 0.717) is 11.5 Å². The predicted molar refractivity (Wildman–Crippen MR) is 79.1 cm³/mol. The van der Waals surface area contributed by atoms with Crippen molar-refractivity contribution in [1.82, 2.24) is 9.97 Å². The zero-order valence-electron chi connectivity index (χ0n) is 11.8. The number of nitrogens with one attached hydrogen (secondary N) is 1. The van der Waals surface area contributed by atoms with Crippen molar-refractivity contribution in [3.8, 4) is 5.75 Å². The smallest absolute Gasteiger partial charge is 0.357 e. The Hall–Kier alpha value is -2.55. The summed E-state index contributed by atoms with van der Waals surface area (Å²) in [5.74, 6) is -0.305. The van der Waals surface area contributed by atoms with Crippen molar-refractivity contribution >= 4 is 22.1 Å². The van der Waals surface area contributed by atoms with E-state index >= 15 is 0 Å². The largest absolute Gasteiger partial charge is 0.488 e. The average molecular weight is 337 g/mol. The topological polar surface area (TPSA) is 98.2 Å². The molecular formula is C14H12FN3O4S. The van der Waals surface area contributed by atoms with Crippen molar-refractivity contribution < 1.29 is 21.3 Å². The molecule has 3 rings (SSSR count). The number of hydrogen-bond donors (Lipinski definition) is 1. The number of carbonyl (C=O) groups excluding carboxylic acids is 1. The fourth-order valence-corrected chi connectivity index (χ4v) is 2.39. The molecule has 9 heteroatoms. The van der Waals surface area contributed by atoms with Gasteiger partial charge >= 0.3 is 10.5 Å². The van der Waals surface area contributed by atoms with Crippen LogP contribution in [0.25, 0.3) is 0 Å². The summed E-state index contributed by atoms with van der Waals surface area (Å²) in [5.41, 5.74) is 1.56. The molecule has 0 aromatic carbocycles. The molecule has 1 aliphatic carbocycles. The molecule has 1 N–H and O–H groups in total. The number of anilines is 1. The van der Waals surface area contributed by atoms with Crippen LogP contribution in [-0.2, 0) is 10.5 Å². The van der Waals surface area contributed by atoms with Crippen molar-refractivity contribution in [2.75, 3.05) is 5.32 Å². The molecule has 120 valence electrons. The lowest BCUT2D eigenvalue weighted by atomic mass is 10.1. The van der Waals surface area contributed by atoms with Gasteiger partial charge in [0.05, 0.1) is 23.6 Å². The van der Waals surface area contributed by atoms with Gasteiger partial charge in [0.15, 0.2) is 5.75 Å². The number of hydrogen-bond acceptors (Lipinski definition) is 6. The standard InChI is InChI=1S/C14H12FN3O4S/c15-23(20,21)22-13-4-12(7-17-8-13)18-14(19)11-3-10(5-16-6-11)9-1-2-9/h3-9H,1-2H2,(H,18,19). The van der Waals surface area contributed by atoms with Gasteiger partial charge in [0.1, 0.15) is 0 Å². The normalized spacial score (nSPS) is 14.3. The number of carbonyl (C=O) groups is 1. The highest BCUT2D eigenvalue weighted by atomic mass is 32.3. The maximum atomic E-state index is 12.5. The van der Waals surface area contributed by atoms with E-state index < -0.39 is 16.4 Å². The highest BCUT2D eigenvalue weighted by Gasteiger charge is 2.24. The third kappa shape index (κ3) is 4.22. The summed E-state index contributed by atoms with van der Waals surface area (Å²) >= 11 is 0. The summed E-state index contributed by atoms with van der Waals surface area (Å²) in [4.78, 5) is 19.9. The van der Waals surface area contributed by atoms with Crippen LogP contribution in [0.15, 0.2) is 36.9 Å². The summed E-state index contributed by atoms with van der Waals surface area (Å²) in [5, 5.41) is 2.53. The van der Waals surface area contributed by atoms with Gasteiger partial charge in [-0.3, -0.25) is 14.8 Å². The van der Waals surface area contributed by atoms with Gasteiger partial charge in [-0.05, 0) is 30.4 Å². The molecule has 0 atom stereocenters. The van der Waals surface area contributed by atoms with Gasteiger partial charge in [-0.1, -0.05) is 3.89 Å². The van der Waals surface area contributed by atoms with Crippen molar-refractivity contribution in [3.05, 3.63) is 48.0 Å². The lowest BCUT2D eigenvalue weighted by molar-refractivity contribution is 0.102. The first-order chi connectivity index (χ1) is 10.9. The zero-order chi connectivity index (χ0) is 16.4. The van der Waals surface area contributed by atoms with E-state index in [2.05, 4.69) is 19.5 Å². The molecule has 0 aliphatic heterocycles. The summed E-state index contributed by atoms with van der Waals surface area (Å²) < 4.78 is 37.5. The average Bonchev–Trinajstić information content (AvgIpc) is 3.30. The monoisotopic (exact) mass is 337 g/mol. The maximum Gasteiger partial charge on any atom is 0.488 e. The number of rotatable bonds is 5. The van der Waals surface area contributed by atoms with E-state index in [4.69, 9.17) is 0 Å². The van der Waals surface area contributed by atoms with Crippen LogP contribution in [0.3, 0.4) is 0 Å². The quantitative estimate of drug-likeness (QED) is 0.840. The van der Waals surface area contributed by atoms with Crippen LogP contribution in [0.4, 0.5) is 9.57 Å². The van der Waals surface area contributed by atoms with E-state index in [1.54, 1.807) is 12.3 Å². The number of halogens is 1. The summed E-state index contributed by atoms with van der Waals surface area (Å²) in [6.45, 7) is 0. The number of nitrogens with zero attached hydrogens (tertiary/aromatic N) is 2. The maximum absolute atomic E-state index is 12.5. The molecule has 2 aromatic rings. The number of aromatic nitrogens is 2. The first-order valence-corrected chi connectivity index (χ1v) is 8.07. The predicted octanol–water partition coefficient (Wildman–Crippen LogP) is 2.20. The Morgan fingerprint density at radius 1 is 1.17 bits per heavy atom. The highest BCUT2D eigenvalue weighted by Crippen LogP contribution is 2.39. The number of pyridine rings is 2. The SMILES string of the molecule is O=C(Nc1cncc(OS(=O)(=O)F)c1)c1cncc(C2CC2)c1. The Bertz CT molecular complexity index is 853. The Kier molecular flexibility index (Phi) is 3.95.